The predicted octanol–water partition coefficient (Wildman–Crippen LogP) is 5.01. The fourth-order valence-corrected chi connectivity index (χ4v) is 3.51. The predicted molar refractivity (Wildman–Crippen MR) is 107 cm³/mol. The van der Waals surface area contributed by atoms with Gasteiger partial charge in [0.15, 0.2) is 5.13 Å². The van der Waals surface area contributed by atoms with Gasteiger partial charge < -0.3 is 10.1 Å². The molecule has 0 bridgehead atoms. The molecule has 0 radical (unpaired) electrons. The average Bonchev–Trinajstić information content (AvgIpc) is 3.01. The van der Waals surface area contributed by atoms with E-state index in [2.05, 4.69) is 41.5 Å². The Morgan fingerprint density at radius 2 is 1.77 bits per heavy atom. The van der Waals surface area contributed by atoms with Gasteiger partial charge in [0.05, 0.1) is 12.8 Å². The zero-order valence-electron chi connectivity index (χ0n) is 15.2. The summed E-state index contributed by atoms with van der Waals surface area (Å²) >= 11 is 1.50. The van der Waals surface area contributed by atoms with Crippen LogP contribution in [-0.2, 0) is 11.2 Å². The highest BCUT2D eigenvalue weighted by molar-refractivity contribution is 7.16. The van der Waals surface area contributed by atoms with E-state index in [0.29, 0.717) is 11.6 Å². The van der Waals surface area contributed by atoms with Crippen molar-refractivity contribution in [1.82, 2.24) is 4.98 Å². The molecule has 26 heavy (non-hydrogen) atoms. The Kier molecular flexibility index (Phi) is 5.68. The number of nitrogens with one attached hydrogen (secondary N) is 1. The molecule has 0 aliphatic heterocycles. The average molecular weight is 366 g/mol. The number of aryl methyl sites for hydroxylation is 3. The molecule has 3 rings (SSSR count). The highest BCUT2D eigenvalue weighted by atomic mass is 32.1. The van der Waals surface area contributed by atoms with Gasteiger partial charge in [-0.2, -0.15) is 0 Å². The molecule has 0 saturated heterocycles. The smallest absolute Gasteiger partial charge is 0.226 e. The number of carbonyl (C=O) groups is 1. The minimum Gasteiger partial charge on any atom is -0.497 e. The van der Waals surface area contributed by atoms with Gasteiger partial charge in [0.1, 0.15) is 5.75 Å². The van der Waals surface area contributed by atoms with Crippen LogP contribution in [0.5, 0.6) is 5.75 Å². The van der Waals surface area contributed by atoms with Gasteiger partial charge in [-0.1, -0.05) is 29.8 Å². The van der Waals surface area contributed by atoms with Gasteiger partial charge in [-0.25, -0.2) is 4.98 Å². The van der Waals surface area contributed by atoms with Crippen molar-refractivity contribution >= 4 is 22.4 Å². The molecule has 0 atom stereocenters. The first-order chi connectivity index (χ1) is 12.5. The number of anilines is 1. The lowest BCUT2D eigenvalue weighted by Crippen LogP contribution is -2.12. The van der Waals surface area contributed by atoms with Crippen LogP contribution in [0.2, 0.25) is 0 Å². The van der Waals surface area contributed by atoms with E-state index in [1.807, 2.05) is 31.2 Å². The van der Waals surface area contributed by atoms with Gasteiger partial charge in [0.25, 0.3) is 0 Å². The third-order valence-corrected chi connectivity index (χ3v) is 5.05. The first-order valence-corrected chi connectivity index (χ1v) is 9.34. The summed E-state index contributed by atoms with van der Waals surface area (Å²) in [6.45, 7) is 4.07. The molecule has 134 valence electrons. The number of nitrogens with zero attached hydrogens (tertiary/aromatic N) is 1. The summed E-state index contributed by atoms with van der Waals surface area (Å²) in [4.78, 5) is 17.9. The Balaban J connectivity index is 1.62. The molecular formula is C21H22N2O2S. The molecule has 1 amide bonds. The number of benzene rings is 2. The molecule has 0 saturated carbocycles. The molecular weight excluding hydrogens is 344 g/mol. The number of thiazole rings is 1. The highest BCUT2D eigenvalue weighted by Gasteiger charge is 2.12. The van der Waals surface area contributed by atoms with E-state index in [0.717, 1.165) is 28.3 Å². The monoisotopic (exact) mass is 366 g/mol. The van der Waals surface area contributed by atoms with Gasteiger partial charge in [0, 0.05) is 16.9 Å². The highest BCUT2D eigenvalue weighted by Crippen LogP contribution is 2.31. The van der Waals surface area contributed by atoms with Crippen LogP contribution in [0.25, 0.3) is 11.3 Å². The number of hydrogen-bond donors (Lipinski definition) is 1. The number of carbonyl (C=O) groups excluding carboxylic acids is 1. The van der Waals surface area contributed by atoms with Crippen LogP contribution in [0, 0.1) is 13.8 Å². The van der Waals surface area contributed by atoms with Crippen LogP contribution in [0.4, 0.5) is 5.13 Å². The lowest BCUT2D eigenvalue weighted by molar-refractivity contribution is -0.116. The molecule has 0 fully saturated rings. The summed E-state index contributed by atoms with van der Waals surface area (Å²) < 4.78 is 5.19. The quantitative estimate of drug-likeness (QED) is 0.667. The number of rotatable bonds is 6. The van der Waals surface area contributed by atoms with Gasteiger partial charge in [-0.3, -0.25) is 4.79 Å². The minimum atomic E-state index is -0.0133. The van der Waals surface area contributed by atoms with Gasteiger partial charge in [-0.15, -0.1) is 11.3 Å². The summed E-state index contributed by atoms with van der Waals surface area (Å²) in [5, 5.41) is 3.56. The molecule has 0 spiro atoms. The van der Waals surface area contributed by atoms with Gasteiger partial charge in [0.2, 0.25) is 5.91 Å². The van der Waals surface area contributed by atoms with Crippen LogP contribution in [0.3, 0.4) is 0 Å². The first-order valence-electron chi connectivity index (χ1n) is 8.52. The van der Waals surface area contributed by atoms with E-state index in [1.165, 1.54) is 22.5 Å². The van der Waals surface area contributed by atoms with E-state index >= 15 is 0 Å². The summed E-state index contributed by atoms with van der Waals surface area (Å²) in [6, 6.07) is 16.0. The Bertz CT molecular complexity index is 883. The second-order valence-electron chi connectivity index (χ2n) is 6.19. The Morgan fingerprint density at radius 3 is 2.42 bits per heavy atom. The van der Waals surface area contributed by atoms with E-state index < -0.39 is 0 Å². The maximum Gasteiger partial charge on any atom is 0.226 e. The topological polar surface area (TPSA) is 51.2 Å². The Morgan fingerprint density at radius 1 is 1.08 bits per heavy atom. The fraction of sp³-hybridized carbons (Fsp3) is 0.238. The number of amides is 1. The molecule has 3 aromatic rings. The summed E-state index contributed by atoms with van der Waals surface area (Å²) in [5.74, 6) is 0.798. The van der Waals surface area contributed by atoms with Crippen LogP contribution < -0.4 is 10.1 Å². The van der Waals surface area contributed by atoms with Crippen LogP contribution >= 0.6 is 11.3 Å². The van der Waals surface area contributed by atoms with Crippen molar-refractivity contribution in [3.63, 3.8) is 0 Å². The lowest BCUT2D eigenvalue weighted by atomic mass is 10.1. The third kappa shape index (κ3) is 4.49. The largest absolute Gasteiger partial charge is 0.497 e. The Labute approximate surface area is 157 Å². The van der Waals surface area contributed by atoms with E-state index in [-0.39, 0.29) is 5.91 Å². The lowest BCUT2D eigenvalue weighted by Gasteiger charge is -2.03. The van der Waals surface area contributed by atoms with Crippen molar-refractivity contribution in [3.05, 3.63) is 64.5 Å². The molecule has 0 unspecified atom stereocenters. The minimum absolute atomic E-state index is 0.0133. The fourth-order valence-electron chi connectivity index (χ4n) is 2.66. The molecule has 4 nitrogen and oxygen atoms in total. The van der Waals surface area contributed by atoms with Gasteiger partial charge >= 0.3 is 0 Å². The van der Waals surface area contributed by atoms with Crippen LogP contribution in [0.15, 0.2) is 48.5 Å². The number of aromatic nitrogens is 1. The van der Waals surface area contributed by atoms with E-state index in [1.54, 1.807) is 7.11 Å². The summed E-state index contributed by atoms with van der Waals surface area (Å²) in [6.07, 6.45) is 1.17. The molecule has 2 aromatic carbocycles. The molecule has 1 N–H and O–H groups in total. The van der Waals surface area contributed by atoms with Crippen molar-refractivity contribution in [2.75, 3.05) is 12.4 Å². The number of methoxy groups -OCH3 is 1. The van der Waals surface area contributed by atoms with Crippen molar-refractivity contribution in [2.45, 2.75) is 26.7 Å². The Hall–Kier alpha value is -2.66. The summed E-state index contributed by atoms with van der Waals surface area (Å²) in [7, 11) is 1.65. The second-order valence-corrected chi connectivity index (χ2v) is 7.39. The standard InChI is InChI=1S/C21H22N2O2S/c1-14-4-6-16(7-5-14)8-13-19(24)22-21-23-20(15(2)26-21)17-9-11-18(25-3)12-10-17/h4-7,9-12H,8,13H2,1-3H3,(H,22,23,24). The van der Waals surface area contributed by atoms with Crippen molar-refractivity contribution < 1.29 is 9.53 Å². The molecule has 0 aliphatic carbocycles. The molecule has 5 heteroatoms. The SMILES string of the molecule is COc1ccc(-c2nc(NC(=O)CCc3ccc(C)cc3)sc2C)cc1. The second kappa shape index (κ2) is 8.15. The van der Waals surface area contributed by atoms with Crippen LogP contribution in [-0.4, -0.2) is 18.0 Å². The zero-order valence-corrected chi connectivity index (χ0v) is 16.0. The van der Waals surface area contributed by atoms with Crippen LogP contribution in [0.1, 0.15) is 22.4 Å². The van der Waals surface area contributed by atoms with Crippen molar-refractivity contribution in [1.29, 1.82) is 0 Å². The maximum atomic E-state index is 12.2. The molecule has 0 aliphatic rings. The molecule has 1 heterocycles. The first kappa shape index (κ1) is 18.1. The zero-order chi connectivity index (χ0) is 18.5. The third-order valence-electron chi connectivity index (χ3n) is 4.17. The number of ether oxygens (including phenoxy) is 1. The maximum absolute atomic E-state index is 12.2. The van der Waals surface area contributed by atoms with E-state index in [4.69, 9.17) is 4.74 Å². The number of hydrogen-bond acceptors (Lipinski definition) is 4. The molecule has 1 aromatic heterocycles. The summed E-state index contributed by atoms with van der Waals surface area (Å²) in [5.41, 5.74) is 4.30. The van der Waals surface area contributed by atoms with Crippen molar-refractivity contribution in [3.8, 4) is 17.0 Å². The van der Waals surface area contributed by atoms with Crippen molar-refractivity contribution in [2.24, 2.45) is 0 Å². The van der Waals surface area contributed by atoms with Gasteiger partial charge in [-0.05, 0) is 50.1 Å². The van der Waals surface area contributed by atoms with E-state index in [9.17, 15) is 4.79 Å². The normalized spacial score (nSPS) is 10.6.